The van der Waals surface area contributed by atoms with Gasteiger partial charge in [-0.1, -0.05) is 47.5 Å². The molecule has 0 saturated heterocycles. The van der Waals surface area contributed by atoms with E-state index in [9.17, 15) is 14.4 Å². The summed E-state index contributed by atoms with van der Waals surface area (Å²) >= 11 is 13.5. The molecular formula is C29H23Cl2N3O4S. The lowest BCUT2D eigenvalue weighted by atomic mass is 10.2. The summed E-state index contributed by atoms with van der Waals surface area (Å²) < 4.78 is 5.33. The van der Waals surface area contributed by atoms with Crippen molar-refractivity contribution >= 4 is 70.1 Å². The number of benzene rings is 3. The van der Waals surface area contributed by atoms with Gasteiger partial charge in [-0.05, 0) is 67.6 Å². The number of anilines is 2. The lowest BCUT2D eigenvalue weighted by molar-refractivity contribution is -0.115. The number of carbonyl (C=O) groups excluding carboxylic acids is 3. The average molecular weight is 580 g/mol. The van der Waals surface area contributed by atoms with E-state index in [1.807, 2.05) is 6.07 Å². The van der Waals surface area contributed by atoms with Crippen LogP contribution in [0.5, 0.6) is 0 Å². The Hall–Kier alpha value is -3.98. The molecule has 198 valence electrons. The standard InChI is InChI=1S/C29H23Cl2N3O4S/c1-18(27(35)33-25-15-20(30)12-13-24(25)31)39-23-11-5-9-21(16-23)32-29(37)26(17-22-10-6-14-38-22)34-28(36)19-7-3-2-4-8-19/h2-18H,1H3,(H,32,37)(H,33,35)(H,34,36)/b26-17-. The molecule has 4 aromatic rings. The van der Waals surface area contributed by atoms with Gasteiger partial charge in [0, 0.05) is 27.2 Å². The van der Waals surface area contributed by atoms with E-state index < -0.39 is 17.1 Å². The van der Waals surface area contributed by atoms with Crippen LogP contribution in [0.2, 0.25) is 10.0 Å². The lowest BCUT2D eigenvalue weighted by Gasteiger charge is -2.14. The van der Waals surface area contributed by atoms with Crippen LogP contribution in [0, 0.1) is 0 Å². The van der Waals surface area contributed by atoms with Crippen LogP contribution < -0.4 is 16.0 Å². The largest absolute Gasteiger partial charge is 0.465 e. The zero-order valence-electron chi connectivity index (χ0n) is 20.6. The van der Waals surface area contributed by atoms with Crippen LogP contribution in [0.15, 0.2) is 106 Å². The summed E-state index contributed by atoms with van der Waals surface area (Å²) in [6.45, 7) is 1.76. The van der Waals surface area contributed by atoms with Crippen LogP contribution in [0.3, 0.4) is 0 Å². The van der Waals surface area contributed by atoms with Gasteiger partial charge in [-0.15, -0.1) is 11.8 Å². The second-order valence-corrected chi connectivity index (χ2v) is 10.5. The van der Waals surface area contributed by atoms with Crippen LogP contribution in [-0.4, -0.2) is 23.0 Å². The average Bonchev–Trinajstić information content (AvgIpc) is 3.44. The van der Waals surface area contributed by atoms with Crippen LogP contribution in [0.25, 0.3) is 6.08 Å². The molecule has 4 rings (SSSR count). The maximum absolute atomic E-state index is 13.2. The number of rotatable bonds is 9. The van der Waals surface area contributed by atoms with Gasteiger partial charge >= 0.3 is 0 Å². The third-order valence-corrected chi connectivity index (χ3v) is 6.98. The predicted octanol–water partition coefficient (Wildman–Crippen LogP) is 7.12. The molecule has 0 spiro atoms. The molecular weight excluding hydrogens is 557 g/mol. The van der Waals surface area contributed by atoms with Gasteiger partial charge in [-0.3, -0.25) is 14.4 Å². The first-order chi connectivity index (χ1) is 18.8. The van der Waals surface area contributed by atoms with Crippen molar-refractivity contribution in [3.8, 4) is 0 Å². The van der Waals surface area contributed by atoms with Gasteiger partial charge in [0.1, 0.15) is 11.5 Å². The van der Waals surface area contributed by atoms with E-state index in [0.717, 1.165) is 4.90 Å². The van der Waals surface area contributed by atoms with E-state index in [1.165, 1.54) is 24.1 Å². The molecule has 39 heavy (non-hydrogen) atoms. The Kier molecular flexibility index (Phi) is 9.49. The number of nitrogens with one attached hydrogen (secondary N) is 3. The molecule has 3 amide bonds. The molecule has 3 N–H and O–H groups in total. The summed E-state index contributed by atoms with van der Waals surface area (Å²) in [5, 5.41) is 8.60. The van der Waals surface area contributed by atoms with Gasteiger partial charge in [-0.25, -0.2) is 0 Å². The van der Waals surface area contributed by atoms with Crippen LogP contribution in [0.1, 0.15) is 23.0 Å². The summed E-state index contributed by atoms with van der Waals surface area (Å²) in [4.78, 5) is 39.4. The molecule has 1 atom stereocenters. The Morgan fingerprint density at radius 3 is 2.44 bits per heavy atom. The van der Waals surface area contributed by atoms with Crippen LogP contribution in [-0.2, 0) is 9.59 Å². The molecule has 0 fully saturated rings. The van der Waals surface area contributed by atoms with Crippen molar-refractivity contribution in [1.82, 2.24) is 5.32 Å². The van der Waals surface area contributed by atoms with Crippen molar-refractivity contribution in [2.75, 3.05) is 10.6 Å². The summed E-state index contributed by atoms with van der Waals surface area (Å²) in [7, 11) is 0. The van der Waals surface area contributed by atoms with Gasteiger partial charge in [0.2, 0.25) is 5.91 Å². The van der Waals surface area contributed by atoms with Gasteiger partial charge in [-0.2, -0.15) is 0 Å². The van der Waals surface area contributed by atoms with Crippen LogP contribution in [0.4, 0.5) is 11.4 Å². The summed E-state index contributed by atoms with van der Waals surface area (Å²) in [5.41, 5.74) is 1.31. The van der Waals surface area contributed by atoms with E-state index in [2.05, 4.69) is 16.0 Å². The minimum absolute atomic E-state index is 0.00278. The van der Waals surface area contributed by atoms with E-state index in [4.69, 9.17) is 27.6 Å². The molecule has 1 unspecified atom stereocenters. The highest BCUT2D eigenvalue weighted by atomic mass is 35.5. The second-order valence-electron chi connectivity index (χ2n) is 8.25. The quantitative estimate of drug-likeness (QED) is 0.145. The molecule has 0 aliphatic rings. The minimum atomic E-state index is -0.542. The van der Waals surface area contributed by atoms with Gasteiger partial charge in [0.25, 0.3) is 11.8 Å². The first-order valence-corrected chi connectivity index (χ1v) is 13.4. The Morgan fingerprint density at radius 1 is 0.897 bits per heavy atom. The van der Waals surface area contributed by atoms with Crippen LogP contribution >= 0.6 is 35.0 Å². The minimum Gasteiger partial charge on any atom is -0.465 e. The highest BCUT2D eigenvalue weighted by Gasteiger charge is 2.18. The number of hydrogen-bond acceptors (Lipinski definition) is 5. The van der Waals surface area contributed by atoms with E-state index >= 15 is 0 Å². The Balaban J connectivity index is 1.45. The fraction of sp³-hybridized carbons (Fsp3) is 0.0690. The molecule has 0 saturated carbocycles. The smallest absolute Gasteiger partial charge is 0.272 e. The summed E-state index contributed by atoms with van der Waals surface area (Å²) in [5.74, 6) is -0.838. The topological polar surface area (TPSA) is 100 Å². The van der Waals surface area contributed by atoms with Crippen molar-refractivity contribution < 1.29 is 18.8 Å². The van der Waals surface area contributed by atoms with Crippen molar-refractivity contribution in [1.29, 1.82) is 0 Å². The maximum Gasteiger partial charge on any atom is 0.272 e. The molecule has 0 bridgehead atoms. The number of furan rings is 1. The fourth-order valence-electron chi connectivity index (χ4n) is 3.39. The molecule has 1 heterocycles. The molecule has 0 radical (unpaired) electrons. The SMILES string of the molecule is CC(Sc1cccc(NC(=O)/C(=C/c2ccco2)NC(=O)c2ccccc2)c1)C(=O)Nc1cc(Cl)ccc1Cl. The second kappa shape index (κ2) is 13.2. The molecule has 10 heteroatoms. The molecule has 0 aliphatic heterocycles. The fourth-order valence-corrected chi connectivity index (χ4v) is 4.65. The predicted molar refractivity (Wildman–Crippen MR) is 156 cm³/mol. The molecule has 7 nitrogen and oxygen atoms in total. The van der Waals surface area contributed by atoms with Crippen molar-refractivity contribution in [3.05, 3.63) is 118 Å². The Morgan fingerprint density at radius 2 is 1.69 bits per heavy atom. The summed E-state index contributed by atoms with van der Waals surface area (Å²) in [6, 6.07) is 23.8. The maximum atomic E-state index is 13.2. The van der Waals surface area contributed by atoms with E-state index in [0.29, 0.717) is 32.7 Å². The zero-order valence-corrected chi connectivity index (χ0v) is 22.9. The highest BCUT2D eigenvalue weighted by molar-refractivity contribution is 8.00. The number of halogens is 2. The molecule has 0 aliphatic carbocycles. The zero-order chi connectivity index (χ0) is 27.8. The van der Waals surface area contributed by atoms with Crippen molar-refractivity contribution in [2.45, 2.75) is 17.1 Å². The summed E-state index contributed by atoms with van der Waals surface area (Å²) in [6.07, 6.45) is 2.92. The Bertz CT molecular complexity index is 1510. The van der Waals surface area contributed by atoms with Gasteiger partial charge in [0.05, 0.1) is 22.2 Å². The van der Waals surface area contributed by atoms with Gasteiger partial charge in [0.15, 0.2) is 0 Å². The normalized spacial score (nSPS) is 11.9. The molecule has 3 aromatic carbocycles. The van der Waals surface area contributed by atoms with E-state index in [1.54, 1.807) is 85.8 Å². The van der Waals surface area contributed by atoms with Crippen molar-refractivity contribution in [2.24, 2.45) is 0 Å². The lowest BCUT2D eigenvalue weighted by Crippen LogP contribution is -2.30. The van der Waals surface area contributed by atoms with E-state index in [-0.39, 0.29) is 11.6 Å². The number of hydrogen-bond donors (Lipinski definition) is 3. The van der Waals surface area contributed by atoms with Gasteiger partial charge < -0.3 is 20.4 Å². The molecule has 1 aromatic heterocycles. The number of thioether (sulfide) groups is 1. The number of amides is 3. The number of carbonyl (C=O) groups is 3. The third kappa shape index (κ3) is 8.00. The highest BCUT2D eigenvalue weighted by Crippen LogP contribution is 2.29. The monoisotopic (exact) mass is 579 g/mol. The first-order valence-electron chi connectivity index (χ1n) is 11.7. The Labute approximate surface area is 239 Å². The first kappa shape index (κ1) is 28.0. The van der Waals surface area contributed by atoms with Crippen molar-refractivity contribution in [3.63, 3.8) is 0 Å². The third-order valence-electron chi connectivity index (χ3n) is 5.32.